The van der Waals surface area contributed by atoms with Gasteiger partial charge in [0.05, 0.1) is 12.6 Å². The number of carbonyl (C=O) groups is 2. The van der Waals surface area contributed by atoms with E-state index in [9.17, 15) is 18.4 Å². The van der Waals surface area contributed by atoms with E-state index in [1.165, 1.54) is 19.3 Å². The van der Waals surface area contributed by atoms with Gasteiger partial charge in [-0.3, -0.25) is 14.3 Å². The van der Waals surface area contributed by atoms with Crippen LogP contribution in [0.3, 0.4) is 0 Å². The summed E-state index contributed by atoms with van der Waals surface area (Å²) < 4.78 is 37.2. The number of fused-ring (bicyclic) bond motifs is 2. The van der Waals surface area contributed by atoms with Crippen LogP contribution in [0.25, 0.3) is 0 Å². The summed E-state index contributed by atoms with van der Waals surface area (Å²) in [5, 5.41) is 5.16. The predicted octanol–water partition coefficient (Wildman–Crippen LogP) is 5.96. The van der Waals surface area contributed by atoms with E-state index in [4.69, 9.17) is 9.84 Å². The van der Waals surface area contributed by atoms with Gasteiger partial charge >= 0.3 is 0 Å². The number of alkyl halides is 2. The second kappa shape index (κ2) is 11.5. The van der Waals surface area contributed by atoms with Crippen LogP contribution in [0.1, 0.15) is 110 Å². The molecule has 0 bridgehead atoms. The molecular weight excluding hydrogens is 552 g/mol. The Bertz CT molecular complexity index is 1400. The summed E-state index contributed by atoms with van der Waals surface area (Å²) in [5.41, 5.74) is 3.90. The molecule has 0 atom stereocenters. The molecule has 2 saturated heterocycles. The van der Waals surface area contributed by atoms with Crippen molar-refractivity contribution in [2.45, 2.75) is 96.6 Å². The maximum absolute atomic E-state index is 14.7. The minimum atomic E-state index is -2.76. The molecule has 1 aliphatic carbocycles. The van der Waals surface area contributed by atoms with Crippen LogP contribution < -0.4 is 4.90 Å². The van der Waals surface area contributed by atoms with Crippen molar-refractivity contribution in [2.75, 3.05) is 44.3 Å². The van der Waals surface area contributed by atoms with Gasteiger partial charge in [-0.15, -0.1) is 0 Å². The normalized spacial score (nSPS) is 22.3. The Labute approximate surface area is 252 Å². The van der Waals surface area contributed by atoms with Crippen LogP contribution in [0.5, 0.6) is 0 Å². The average Bonchev–Trinajstić information content (AvgIpc) is 3.62. The van der Waals surface area contributed by atoms with E-state index in [1.54, 1.807) is 19.1 Å². The number of amides is 2. The fourth-order valence-corrected chi connectivity index (χ4v) is 8.37. The number of hydrogen-bond acceptors (Lipinski definition) is 5. The Hall–Kier alpha value is -3.01. The number of rotatable bonds is 4. The van der Waals surface area contributed by atoms with Crippen molar-refractivity contribution in [1.29, 1.82) is 0 Å². The maximum atomic E-state index is 14.7. The van der Waals surface area contributed by atoms with Crippen molar-refractivity contribution in [3.8, 4) is 0 Å². The molecule has 1 spiro atoms. The van der Waals surface area contributed by atoms with Crippen LogP contribution in [0.4, 0.5) is 20.3 Å². The molecular formula is C33H43F2N5O3. The number of benzene rings is 1. The van der Waals surface area contributed by atoms with Crippen LogP contribution in [-0.4, -0.2) is 70.8 Å². The number of carbonyl (C=O) groups excluding carboxylic acids is 2. The van der Waals surface area contributed by atoms with E-state index in [-0.39, 0.29) is 34.4 Å². The molecule has 5 heterocycles. The standard InChI is InChI=1S/C33H43F2N5O3/c1-22(41)37-14-7-28-27(20-37)31(36-40(28)24-8-16-43-17-9-24)39-13-5-6-23-18-26(25(30(34)35)19-29(23)39)32(42)38-15-12-33(21-38)10-3-2-4-11-33/h18-19,24,30H,2-17,20-21H2,1H3. The Morgan fingerprint density at radius 3 is 2.51 bits per heavy atom. The van der Waals surface area contributed by atoms with E-state index in [0.717, 1.165) is 67.6 Å². The lowest BCUT2D eigenvalue weighted by Crippen LogP contribution is -2.36. The third kappa shape index (κ3) is 5.23. The number of ether oxygens (including phenoxy) is 1. The van der Waals surface area contributed by atoms with Crippen LogP contribution in [-0.2, 0) is 28.9 Å². The second-order valence-corrected chi connectivity index (χ2v) is 13.4. The third-order valence-electron chi connectivity index (χ3n) is 10.8. The first-order valence-electron chi connectivity index (χ1n) is 16.3. The summed E-state index contributed by atoms with van der Waals surface area (Å²) in [4.78, 5) is 32.0. The zero-order chi connectivity index (χ0) is 29.7. The molecule has 0 radical (unpaired) electrons. The Morgan fingerprint density at radius 2 is 1.77 bits per heavy atom. The topological polar surface area (TPSA) is 70.9 Å². The highest BCUT2D eigenvalue weighted by Crippen LogP contribution is 2.45. The third-order valence-corrected chi connectivity index (χ3v) is 10.8. The lowest BCUT2D eigenvalue weighted by molar-refractivity contribution is -0.129. The largest absolute Gasteiger partial charge is 0.381 e. The van der Waals surface area contributed by atoms with Crippen LogP contribution in [0.15, 0.2) is 12.1 Å². The molecule has 232 valence electrons. The van der Waals surface area contributed by atoms with Crippen molar-refractivity contribution in [3.63, 3.8) is 0 Å². The monoisotopic (exact) mass is 595 g/mol. The number of likely N-dealkylation sites (tertiary alicyclic amines) is 1. The lowest BCUT2D eigenvalue weighted by Gasteiger charge is -2.34. The first-order chi connectivity index (χ1) is 20.8. The highest BCUT2D eigenvalue weighted by molar-refractivity contribution is 5.97. The molecule has 1 aromatic heterocycles. The van der Waals surface area contributed by atoms with Crippen molar-refractivity contribution < 1.29 is 23.1 Å². The van der Waals surface area contributed by atoms with Gasteiger partial charge < -0.3 is 19.4 Å². The number of halogens is 2. The van der Waals surface area contributed by atoms with Crippen molar-refractivity contribution in [1.82, 2.24) is 19.6 Å². The summed E-state index contributed by atoms with van der Waals surface area (Å²) in [6, 6.07) is 3.53. The van der Waals surface area contributed by atoms with Gasteiger partial charge in [0, 0.05) is 80.8 Å². The quantitative estimate of drug-likeness (QED) is 0.437. The minimum absolute atomic E-state index is 0.0227. The molecule has 0 N–H and O–H groups in total. The molecule has 1 saturated carbocycles. The van der Waals surface area contributed by atoms with Gasteiger partial charge in [0.25, 0.3) is 12.3 Å². The molecule has 0 unspecified atom stereocenters. The fraction of sp³-hybridized carbons (Fsp3) is 0.667. The summed E-state index contributed by atoms with van der Waals surface area (Å²) in [5.74, 6) is 0.525. The summed E-state index contributed by atoms with van der Waals surface area (Å²) in [6.45, 7) is 6.05. The number of aromatic nitrogens is 2. The second-order valence-electron chi connectivity index (χ2n) is 13.4. The molecule has 2 aromatic rings. The first-order valence-corrected chi connectivity index (χ1v) is 16.3. The first kappa shape index (κ1) is 28.7. The van der Waals surface area contributed by atoms with Crippen molar-refractivity contribution in [2.24, 2.45) is 5.41 Å². The highest BCUT2D eigenvalue weighted by Gasteiger charge is 2.42. The van der Waals surface area contributed by atoms with Crippen LogP contribution in [0, 0.1) is 5.41 Å². The van der Waals surface area contributed by atoms with E-state index in [0.29, 0.717) is 58.0 Å². The minimum Gasteiger partial charge on any atom is -0.381 e. The maximum Gasteiger partial charge on any atom is 0.264 e. The molecule has 7 rings (SSSR count). The number of hydrogen-bond donors (Lipinski definition) is 0. The lowest BCUT2D eigenvalue weighted by atomic mass is 9.73. The zero-order valence-electron chi connectivity index (χ0n) is 25.3. The molecule has 10 heteroatoms. The van der Waals surface area contributed by atoms with Crippen molar-refractivity contribution >= 4 is 23.3 Å². The SMILES string of the molecule is CC(=O)N1CCc2c(c(N3CCCc4cc(C(=O)N5CCC6(CCCCC6)C5)c(C(F)F)cc43)nn2C2CCOCC2)C1. The Kier molecular flexibility index (Phi) is 7.68. The molecule has 2 amide bonds. The average molecular weight is 596 g/mol. The van der Waals surface area contributed by atoms with E-state index < -0.39 is 6.43 Å². The molecule has 5 aliphatic rings. The number of nitrogens with zero attached hydrogens (tertiary/aromatic N) is 5. The Morgan fingerprint density at radius 1 is 0.977 bits per heavy atom. The van der Waals surface area contributed by atoms with Gasteiger partial charge in [-0.25, -0.2) is 8.78 Å². The highest BCUT2D eigenvalue weighted by atomic mass is 19.3. The smallest absolute Gasteiger partial charge is 0.264 e. The van der Waals surface area contributed by atoms with Gasteiger partial charge in [-0.2, -0.15) is 5.10 Å². The summed E-state index contributed by atoms with van der Waals surface area (Å²) in [6.07, 6.45) is 8.11. The molecule has 8 nitrogen and oxygen atoms in total. The predicted molar refractivity (Wildman–Crippen MR) is 159 cm³/mol. The van der Waals surface area contributed by atoms with Gasteiger partial charge in [-0.05, 0) is 68.1 Å². The van der Waals surface area contributed by atoms with Gasteiger partial charge in [-0.1, -0.05) is 19.3 Å². The zero-order valence-corrected chi connectivity index (χ0v) is 25.3. The molecule has 43 heavy (non-hydrogen) atoms. The molecule has 4 aliphatic heterocycles. The number of anilines is 2. The van der Waals surface area contributed by atoms with Crippen LogP contribution >= 0.6 is 0 Å². The van der Waals surface area contributed by atoms with Gasteiger partial charge in [0.15, 0.2) is 5.82 Å². The van der Waals surface area contributed by atoms with Crippen molar-refractivity contribution in [3.05, 3.63) is 40.1 Å². The number of aryl methyl sites for hydroxylation is 1. The summed E-state index contributed by atoms with van der Waals surface area (Å²) >= 11 is 0. The van der Waals surface area contributed by atoms with E-state index in [2.05, 4.69) is 9.58 Å². The van der Waals surface area contributed by atoms with E-state index >= 15 is 0 Å². The van der Waals surface area contributed by atoms with E-state index in [1.807, 2.05) is 9.80 Å². The van der Waals surface area contributed by atoms with Gasteiger partial charge in [0.1, 0.15) is 0 Å². The van der Waals surface area contributed by atoms with Gasteiger partial charge in [0.2, 0.25) is 5.91 Å². The fourth-order valence-electron chi connectivity index (χ4n) is 8.37. The Balaban J connectivity index is 1.25. The summed E-state index contributed by atoms with van der Waals surface area (Å²) in [7, 11) is 0. The molecule has 1 aromatic carbocycles. The molecule has 3 fully saturated rings. The van der Waals surface area contributed by atoms with Crippen LogP contribution in [0.2, 0.25) is 0 Å².